The van der Waals surface area contributed by atoms with Gasteiger partial charge in [-0.3, -0.25) is 4.79 Å². The lowest BCUT2D eigenvalue weighted by Crippen LogP contribution is -2.49. The summed E-state index contributed by atoms with van der Waals surface area (Å²) in [6.07, 6.45) is 2.77. The SMILES string of the molecule is CN(C)c1ccc(C(=O)N[C@@H]2CCCN(S(C)(=O)=O)C2)cc1. The number of nitrogens with one attached hydrogen (secondary N) is 1. The van der Waals surface area contributed by atoms with Gasteiger partial charge in [0.2, 0.25) is 10.0 Å². The third-order valence-corrected chi connectivity index (χ3v) is 5.10. The highest BCUT2D eigenvalue weighted by Gasteiger charge is 2.26. The maximum atomic E-state index is 12.3. The fourth-order valence-electron chi connectivity index (χ4n) is 2.54. The van der Waals surface area contributed by atoms with Crippen LogP contribution in [0.2, 0.25) is 0 Å². The Morgan fingerprint density at radius 1 is 1.27 bits per heavy atom. The number of nitrogens with zero attached hydrogens (tertiary/aromatic N) is 2. The largest absolute Gasteiger partial charge is 0.378 e. The summed E-state index contributed by atoms with van der Waals surface area (Å²) in [7, 11) is 0.685. The summed E-state index contributed by atoms with van der Waals surface area (Å²) in [4.78, 5) is 14.2. The first kappa shape index (κ1) is 16.8. The Morgan fingerprint density at radius 2 is 1.91 bits per heavy atom. The molecule has 0 aliphatic carbocycles. The molecule has 2 rings (SSSR count). The van der Waals surface area contributed by atoms with Crippen molar-refractivity contribution < 1.29 is 13.2 Å². The number of hydrogen-bond donors (Lipinski definition) is 1. The van der Waals surface area contributed by atoms with Gasteiger partial charge < -0.3 is 10.2 Å². The lowest BCUT2D eigenvalue weighted by atomic mass is 10.1. The maximum absolute atomic E-state index is 12.3. The summed E-state index contributed by atoms with van der Waals surface area (Å²) < 4.78 is 24.6. The molecule has 0 aromatic heterocycles. The van der Waals surface area contributed by atoms with E-state index in [2.05, 4.69) is 5.32 Å². The average molecular weight is 325 g/mol. The summed E-state index contributed by atoms with van der Waals surface area (Å²) in [6, 6.07) is 7.20. The molecule has 1 aliphatic rings. The van der Waals surface area contributed by atoms with Crippen molar-refractivity contribution in [2.24, 2.45) is 0 Å². The molecule has 1 atom stereocenters. The molecule has 1 fully saturated rings. The van der Waals surface area contributed by atoms with Crippen LogP contribution in [0, 0.1) is 0 Å². The van der Waals surface area contributed by atoms with E-state index in [0.29, 0.717) is 18.7 Å². The minimum atomic E-state index is -3.20. The Morgan fingerprint density at radius 3 is 2.45 bits per heavy atom. The molecule has 122 valence electrons. The molecular formula is C15H23N3O3S. The second-order valence-corrected chi connectivity index (χ2v) is 7.86. The number of sulfonamides is 1. The van der Waals surface area contributed by atoms with Crippen molar-refractivity contribution in [2.75, 3.05) is 38.3 Å². The molecule has 0 radical (unpaired) electrons. The minimum Gasteiger partial charge on any atom is -0.378 e. The fourth-order valence-corrected chi connectivity index (χ4v) is 3.45. The molecule has 1 saturated heterocycles. The summed E-state index contributed by atoms with van der Waals surface area (Å²) >= 11 is 0. The first-order chi connectivity index (χ1) is 10.3. The fraction of sp³-hybridized carbons (Fsp3) is 0.533. The Kier molecular flexibility index (Phi) is 5.08. The van der Waals surface area contributed by atoms with Gasteiger partial charge in [0.25, 0.3) is 5.91 Å². The van der Waals surface area contributed by atoms with Crippen LogP contribution in [0.15, 0.2) is 24.3 Å². The van der Waals surface area contributed by atoms with Gasteiger partial charge in [-0.25, -0.2) is 12.7 Å². The van der Waals surface area contributed by atoms with Gasteiger partial charge in [-0.15, -0.1) is 0 Å². The van der Waals surface area contributed by atoms with Crippen LogP contribution in [-0.2, 0) is 10.0 Å². The van der Waals surface area contributed by atoms with Gasteiger partial charge in [0.1, 0.15) is 0 Å². The number of amides is 1. The van der Waals surface area contributed by atoms with E-state index in [-0.39, 0.29) is 11.9 Å². The standard InChI is InChI=1S/C15H23N3O3S/c1-17(2)14-8-6-12(7-9-14)15(19)16-13-5-4-10-18(11-13)22(3,20)21/h6-9,13H,4-5,10-11H2,1-3H3,(H,16,19)/t13-/m1/s1. The zero-order valence-corrected chi connectivity index (χ0v) is 14.1. The van der Waals surface area contributed by atoms with Crippen molar-refractivity contribution in [1.82, 2.24) is 9.62 Å². The Bertz CT molecular complexity index is 626. The van der Waals surface area contributed by atoms with Crippen molar-refractivity contribution in [3.05, 3.63) is 29.8 Å². The molecular weight excluding hydrogens is 302 g/mol. The van der Waals surface area contributed by atoms with Crippen LogP contribution >= 0.6 is 0 Å². The van der Waals surface area contributed by atoms with Crippen molar-refractivity contribution in [3.8, 4) is 0 Å². The molecule has 1 amide bonds. The van der Waals surface area contributed by atoms with Crippen LogP contribution in [0.5, 0.6) is 0 Å². The molecule has 0 unspecified atom stereocenters. The van der Waals surface area contributed by atoms with Gasteiger partial charge in [0.05, 0.1) is 6.26 Å². The van der Waals surface area contributed by atoms with Crippen molar-refractivity contribution in [1.29, 1.82) is 0 Å². The monoisotopic (exact) mass is 325 g/mol. The summed E-state index contributed by atoms with van der Waals surface area (Å²) in [5, 5.41) is 2.93. The Balaban J connectivity index is 1.99. The van der Waals surface area contributed by atoms with Crippen LogP contribution in [0.4, 0.5) is 5.69 Å². The molecule has 1 aromatic rings. The van der Waals surface area contributed by atoms with E-state index in [1.54, 1.807) is 12.1 Å². The lowest BCUT2D eigenvalue weighted by molar-refractivity contribution is 0.0921. The van der Waals surface area contributed by atoms with Gasteiger partial charge in [0, 0.05) is 44.5 Å². The molecule has 22 heavy (non-hydrogen) atoms. The highest BCUT2D eigenvalue weighted by molar-refractivity contribution is 7.88. The highest BCUT2D eigenvalue weighted by atomic mass is 32.2. The van der Waals surface area contributed by atoms with Crippen LogP contribution in [0.25, 0.3) is 0 Å². The second-order valence-electron chi connectivity index (χ2n) is 5.87. The maximum Gasteiger partial charge on any atom is 0.251 e. The van der Waals surface area contributed by atoms with E-state index < -0.39 is 10.0 Å². The zero-order chi connectivity index (χ0) is 16.3. The third-order valence-electron chi connectivity index (χ3n) is 3.83. The average Bonchev–Trinajstić information content (AvgIpc) is 2.46. The van der Waals surface area contributed by atoms with Gasteiger partial charge in [-0.1, -0.05) is 0 Å². The van der Waals surface area contributed by atoms with E-state index in [1.807, 2.05) is 31.1 Å². The lowest BCUT2D eigenvalue weighted by Gasteiger charge is -2.31. The highest BCUT2D eigenvalue weighted by Crippen LogP contribution is 2.15. The molecule has 7 heteroatoms. The Labute approximate surface area is 132 Å². The number of carbonyl (C=O) groups excluding carboxylic acids is 1. The van der Waals surface area contributed by atoms with E-state index in [0.717, 1.165) is 18.5 Å². The number of piperidine rings is 1. The predicted octanol–water partition coefficient (Wildman–Crippen LogP) is 0.906. The zero-order valence-electron chi connectivity index (χ0n) is 13.2. The molecule has 1 N–H and O–H groups in total. The van der Waals surface area contributed by atoms with Crippen LogP contribution in [0.1, 0.15) is 23.2 Å². The van der Waals surface area contributed by atoms with Gasteiger partial charge >= 0.3 is 0 Å². The van der Waals surface area contributed by atoms with Crippen molar-refractivity contribution in [3.63, 3.8) is 0 Å². The van der Waals surface area contributed by atoms with Crippen LogP contribution in [0.3, 0.4) is 0 Å². The van der Waals surface area contributed by atoms with E-state index in [1.165, 1.54) is 10.6 Å². The second kappa shape index (κ2) is 6.66. The van der Waals surface area contributed by atoms with E-state index >= 15 is 0 Å². The van der Waals surface area contributed by atoms with Gasteiger partial charge in [-0.2, -0.15) is 0 Å². The van der Waals surface area contributed by atoms with Crippen LogP contribution in [-0.4, -0.2) is 58.1 Å². The molecule has 1 aromatic carbocycles. The minimum absolute atomic E-state index is 0.135. The summed E-state index contributed by atoms with van der Waals surface area (Å²) in [6.45, 7) is 0.878. The van der Waals surface area contributed by atoms with Crippen molar-refractivity contribution in [2.45, 2.75) is 18.9 Å². The number of benzene rings is 1. The van der Waals surface area contributed by atoms with Crippen LogP contribution < -0.4 is 10.2 Å². The van der Waals surface area contributed by atoms with Gasteiger partial charge in [-0.05, 0) is 37.1 Å². The molecule has 0 spiro atoms. The normalized spacial score (nSPS) is 19.7. The summed E-state index contributed by atoms with van der Waals surface area (Å²) in [5.41, 5.74) is 1.61. The van der Waals surface area contributed by atoms with Gasteiger partial charge in [0.15, 0.2) is 0 Å². The van der Waals surface area contributed by atoms with Crippen molar-refractivity contribution >= 4 is 21.6 Å². The quantitative estimate of drug-likeness (QED) is 0.893. The first-order valence-corrected chi connectivity index (χ1v) is 9.15. The van der Waals surface area contributed by atoms with E-state index in [4.69, 9.17) is 0 Å². The molecule has 0 bridgehead atoms. The third kappa shape index (κ3) is 4.20. The number of carbonyl (C=O) groups is 1. The predicted molar refractivity (Wildman–Crippen MR) is 87.7 cm³/mol. The number of anilines is 1. The molecule has 0 saturated carbocycles. The Hall–Kier alpha value is -1.60. The topological polar surface area (TPSA) is 69.7 Å². The summed E-state index contributed by atoms with van der Waals surface area (Å²) in [5.74, 6) is -0.161. The molecule has 6 nitrogen and oxygen atoms in total. The van der Waals surface area contributed by atoms with E-state index in [9.17, 15) is 13.2 Å². The molecule has 1 aliphatic heterocycles. The smallest absolute Gasteiger partial charge is 0.251 e. The molecule has 1 heterocycles. The number of hydrogen-bond acceptors (Lipinski definition) is 4. The first-order valence-electron chi connectivity index (χ1n) is 7.31. The number of rotatable bonds is 4.